The molecule has 0 saturated heterocycles. The van der Waals surface area contributed by atoms with Crippen LogP contribution in [0, 0.1) is 6.92 Å². The number of nitrogens with zero attached hydrogens (tertiary/aromatic N) is 1. The molecule has 1 amide bonds. The number of methoxy groups -OCH3 is 1. The summed E-state index contributed by atoms with van der Waals surface area (Å²) < 4.78 is 4.97. The van der Waals surface area contributed by atoms with Gasteiger partial charge >= 0.3 is 0 Å². The molecule has 0 radical (unpaired) electrons. The summed E-state index contributed by atoms with van der Waals surface area (Å²) in [6, 6.07) is 11.2. The molecule has 1 aromatic heterocycles. The van der Waals surface area contributed by atoms with Gasteiger partial charge in [-0.05, 0) is 24.6 Å². The molecule has 0 saturated carbocycles. The molecule has 0 unspecified atom stereocenters. The van der Waals surface area contributed by atoms with E-state index in [4.69, 9.17) is 4.74 Å². The Hall–Kier alpha value is -2.56. The zero-order valence-electron chi connectivity index (χ0n) is 11.5. The molecule has 0 bridgehead atoms. The number of hydrogen-bond donors (Lipinski definition) is 2. The van der Waals surface area contributed by atoms with E-state index < -0.39 is 0 Å². The number of aromatic nitrogens is 1. The second-order valence-corrected chi connectivity index (χ2v) is 4.31. The van der Waals surface area contributed by atoms with Crippen molar-refractivity contribution >= 4 is 17.3 Å². The number of benzene rings is 1. The summed E-state index contributed by atoms with van der Waals surface area (Å²) in [5, 5.41) is 5.86. The number of rotatable bonds is 5. The van der Waals surface area contributed by atoms with Crippen molar-refractivity contribution < 1.29 is 9.53 Å². The summed E-state index contributed by atoms with van der Waals surface area (Å²) in [5.74, 6) is 0.440. The van der Waals surface area contributed by atoms with Crippen LogP contribution in [0.4, 0.5) is 11.4 Å². The summed E-state index contributed by atoms with van der Waals surface area (Å²) >= 11 is 0. The van der Waals surface area contributed by atoms with Crippen molar-refractivity contribution in [1.29, 1.82) is 0 Å². The SMILES string of the molecule is COc1ccc(NCC(=O)Nc2ccccc2C)cn1. The molecule has 2 aromatic rings. The molecule has 5 heteroatoms. The molecule has 1 heterocycles. The van der Waals surface area contributed by atoms with Gasteiger partial charge in [-0.1, -0.05) is 18.2 Å². The molecule has 0 atom stereocenters. The second kappa shape index (κ2) is 6.56. The molecule has 5 nitrogen and oxygen atoms in total. The van der Waals surface area contributed by atoms with E-state index in [0.29, 0.717) is 5.88 Å². The summed E-state index contributed by atoms with van der Waals surface area (Å²) in [4.78, 5) is 15.9. The Bertz CT molecular complexity index is 582. The Morgan fingerprint density at radius 1 is 1.25 bits per heavy atom. The van der Waals surface area contributed by atoms with Crippen LogP contribution in [-0.4, -0.2) is 24.5 Å². The molecular formula is C15H17N3O2. The summed E-state index contributed by atoms with van der Waals surface area (Å²) in [5.41, 5.74) is 2.63. The van der Waals surface area contributed by atoms with E-state index in [1.54, 1.807) is 19.4 Å². The first-order valence-electron chi connectivity index (χ1n) is 6.28. The molecule has 0 spiro atoms. The molecular weight excluding hydrogens is 254 g/mol. The van der Waals surface area contributed by atoms with Crippen molar-refractivity contribution in [1.82, 2.24) is 4.98 Å². The van der Waals surface area contributed by atoms with Crippen molar-refractivity contribution in [3.63, 3.8) is 0 Å². The number of aryl methyl sites for hydroxylation is 1. The third-order valence-electron chi connectivity index (χ3n) is 2.82. The number of carbonyl (C=O) groups is 1. The molecule has 2 rings (SSSR count). The lowest BCUT2D eigenvalue weighted by molar-refractivity contribution is -0.114. The highest BCUT2D eigenvalue weighted by Gasteiger charge is 2.04. The van der Waals surface area contributed by atoms with E-state index in [1.165, 1.54) is 0 Å². The van der Waals surface area contributed by atoms with Crippen LogP contribution in [0.5, 0.6) is 5.88 Å². The molecule has 0 aliphatic carbocycles. The third-order valence-corrected chi connectivity index (χ3v) is 2.82. The van der Waals surface area contributed by atoms with Gasteiger partial charge in [0.1, 0.15) is 0 Å². The number of amides is 1. The van der Waals surface area contributed by atoms with Crippen molar-refractivity contribution in [2.24, 2.45) is 0 Å². The van der Waals surface area contributed by atoms with Crippen molar-refractivity contribution in [3.05, 3.63) is 48.2 Å². The predicted molar refractivity (Wildman–Crippen MR) is 79.1 cm³/mol. The van der Waals surface area contributed by atoms with Crippen LogP contribution in [0.2, 0.25) is 0 Å². The highest BCUT2D eigenvalue weighted by atomic mass is 16.5. The van der Waals surface area contributed by atoms with Crippen LogP contribution >= 0.6 is 0 Å². The number of anilines is 2. The van der Waals surface area contributed by atoms with Crippen LogP contribution in [0.3, 0.4) is 0 Å². The van der Waals surface area contributed by atoms with Crippen molar-refractivity contribution in [3.8, 4) is 5.88 Å². The monoisotopic (exact) mass is 271 g/mol. The Kier molecular flexibility index (Phi) is 4.55. The maximum Gasteiger partial charge on any atom is 0.243 e. The maximum atomic E-state index is 11.8. The number of para-hydroxylation sites is 1. The van der Waals surface area contributed by atoms with Gasteiger partial charge in [0.05, 0.1) is 25.5 Å². The normalized spacial score (nSPS) is 9.90. The van der Waals surface area contributed by atoms with Crippen LogP contribution in [0.25, 0.3) is 0 Å². The standard InChI is InChI=1S/C15H17N3O2/c1-11-5-3-4-6-13(11)18-14(19)10-16-12-7-8-15(20-2)17-9-12/h3-9,16H,10H2,1-2H3,(H,18,19). The first-order valence-corrected chi connectivity index (χ1v) is 6.28. The van der Waals surface area contributed by atoms with Crippen LogP contribution in [0.15, 0.2) is 42.6 Å². The summed E-state index contributed by atoms with van der Waals surface area (Å²) in [6.07, 6.45) is 1.62. The number of ether oxygens (including phenoxy) is 1. The van der Waals surface area contributed by atoms with E-state index in [0.717, 1.165) is 16.9 Å². The maximum absolute atomic E-state index is 11.8. The van der Waals surface area contributed by atoms with Gasteiger partial charge in [-0.25, -0.2) is 4.98 Å². The summed E-state index contributed by atoms with van der Waals surface area (Å²) in [7, 11) is 1.56. The highest BCUT2D eigenvalue weighted by Crippen LogP contribution is 2.13. The minimum absolute atomic E-state index is 0.102. The molecule has 2 N–H and O–H groups in total. The van der Waals surface area contributed by atoms with Gasteiger partial charge in [0.2, 0.25) is 11.8 Å². The van der Waals surface area contributed by atoms with Gasteiger partial charge in [0, 0.05) is 11.8 Å². The average Bonchev–Trinajstić information content (AvgIpc) is 2.48. The first-order chi connectivity index (χ1) is 9.69. The minimum Gasteiger partial charge on any atom is -0.481 e. The molecule has 20 heavy (non-hydrogen) atoms. The predicted octanol–water partition coefficient (Wildman–Crippen LogP) is 2.45. The number of nitrogens with one attached hydrogen (secondary N) is 2. The highest BCUT2D eigenvalue weighted by molar-refractivity contribution is 5.94. The van der Waals surface area contributed by atoms with Gasteiger partial charge in [0.25, 0.3) is 0 Å². The van der Waals surface area contributed by atoms with E-state index in [-0.39, 0.29) is 12.5 Å². The molecule has 0 fully saturated rings. The number of hydrogen-bond acceptors (Lipinski definition) is 4. The Balaban J connectivity index is 1.87. The largest absolute Gasteiger partial charge is 0.481 e. The smallest absolute Gasteiger partial charge is 0.243 e. The van der Waals surface area contributed by atoms with E-state index >= 15 is 0 Å². The topological polar surface area (TPSA) is 63.2 Å². The Morgan fingerprint density at radius 2 is 2.05 bits per heavy atom. The van der Waals surface area contributed by atoms with E-state index in [9.17, 15) is 4.79 Å². The van der Waals surface area contributed by atoms with Crippen LogP contribution < -0.4 is 15.4 Å². The minimum atomic E-state index is -0.102. The van der Waals surface area contributed by atoms with Gasteiger partial charge in [-0.15, -0.1) is 0 Å². The summed E-state index contributed by atoms with van der Waals surface area (Å²) in [6.45, 7) is 2.14. The number of carbonyl (C=O) groups excluding carboxylic acids is 1. The fourth-order valence-corrected chi connectivity index (χ4v) is 1.70. The second-order valence-electron chi connectivity index (χ2n) is 4.31. The lowest BCUT2D eigenvalue weighted by Crippen LogP contribution is -2.22. The molecule has 1 aromatic carbocycles. The molecule has 104 valence electrons. The van der Waals surface area contributed by atoms with Gasteiger partial charge in [-0.2, -0.15) is 0 Å². The Morgan fingerprint density at radius 3 is 2.70 bits per heavy atom. The fourth-order valence-electron chi connectivity index (χ4n) is 1.70. The van der Waals surface area contributed by atoms with E-state index in [1.807, 2.05) is 37.3 Å². The molecule has 0 aliphatic rings. The fraction of sp³-hybridized carbons (Fsp3) is 0.200. The lowest BCUT2D eigenvalue weighted by atomic mass is 10.2. The van der Waals surface area contributed by atoms with E-state index in [2.05, 4.69) is 15.6 Å². The quantitative estimate of drug-likeness (QED) is 0.876. The van der Waals surface area contributed by atoms with Gasteiger partial charge in [-0.3, -0.25) is 4.79 Å². The average molecular weight is 271 g/mol. The van der Waals surface area contributed by atoms with Crippen molar-refractivity contribution in [2.45, 2.75) is 6.92 Å². The first kappa shape index (κ1) is 13.9. The van der Waals surface area contributed by atoms with Gasteiger partial charge < -0.3 is 15.4 Å². The zero-order chi connectivity index (χ0) is 14.4. The zero-order valence-corrected chi connectivity index (χ0v) is 11.5. The molecule has 0 aliphatic heterocycles. The third kappa shape index (κ3) is 3.71. The number of pyridine rings is 1. The van der Waals surface area contributed by atoms with Crippen LogP contribution in [0.1, 0.15) is 5.56 Å². The Labute approximate surface area is 118 Å². The van der Waals surface area contributed by atoms with Gasteiger partial charge in [0.15, 0.2) is 0 Å². The van der Waals surface area contributed by atoms with Crippen molar-refractivity contribution in [2.75, 3.05) is 24.3 Å². The lowest BCUT2D eigenvalue weighted by Gasteiger charge is -2.09. The van der Waals surface area contributed by atoms with Crippen LogP contribution in [-0.2, 0) is 4.79 Å².